The molecule has 0 bridgehead atoms. The van der Waals surface area contributed by atoms with Crippen LogP contribution in [0.3, 0.4) is 0 Å². The Hall–Kier alpha value is -4.67. The first-order valence-electron chi connectivity index (χ1n) is 13.1. The molecule has 0 fully saturated rings. The predicted octanol–water partition coefficient (Wildman–Crippen LogP) is 3.99. The van der Waals surface area contributed by atoms with Crippen LogP contribution in [0, 0.1) is 0 Å². The number of alkyl carbamates (subject to hydrolysis) is 1. The summed E-state index contributed by atoms with van der Waals surface area (Å²) in [5.74, 6) is 0.312. The van der Waals surface area contributed by atoms with Crippen LogP contribution in [-0.4, -0.2) is 53.1 Å². The van der Waals surface area contributed by atoms with E-state index in [0.717, 1.165) is 35.3 Å². The number of ether oxygens (including phenoxy) is 1. The normalized spacial score (nSPS) is 10.9. The van der Waals surface area contributed by atoms with Gasteiger partial charge in [0.1, 0.15) is 11.4 Å². The third-order valence-electron chi connectivity index (χ3n) is 5.52. The summed E-state index contributed by atoms with van der Waals surface area (Å²) in [5.41, 5.74) is 8.64. The van der Waals surface area contributed by atoms with Crippen molar-refractivity contribution in [3.8, 4) is 11.1 Å². The number of anilines is 3. The van der Waals surface area contributed by atoms with E-state index in [2.05, 4.69) is 38.2 Å². The maximum atomic E-state index is 12.1. The number of hydrogen-bond acceptors (Lipinski definition) is 8. The van der Waals surface area contributed by atoms with Crippen LogP contribution < -0.4 is 27.0 Å². The minimum Gasteiger partial charge on any atom is -0.444 e. The van der Waals surface area contributed by atoms with Crippen LogP contribution in [0.15, 0.2) is 54.7 Å². The van der Waals surface area contributed by atoms with Gasteiger partial charge in [0.05, 0.1) is 6.54 Å². The highest BCUT2D eigenvalue weighted by atomic mass is 16.6. The molecule has 0 atom stereocenters. The number of benzene rings is 2. The van der Waals surface area contributed by atoms with Crippen molar-refractivity contribution < 1.29 is 19.1 Å². The van der Waals surface area contributed by atoms with Crippen molar-refractivity contribution in [1.82, 2.24) is 20.6 Å². The average molecular weight is 548 g/mol. The predicted molar refractivity (Wildman–Crippen MR) is 155 cm³/mol. The van der Waals surface area contributed by atoms with Gasteiger partial charge in [-0.2, -0.15) is 4.98 Å². The topological polar surface area (TPSA) is 160 Å². The van der Waals surface area contributed by atoms with E-state index < -0.39 is 17.6 Å². The molecular weight excluding hydrogens is 510 g/mol. The summed E-state index contributed by atoms with van der Waals surface area (Å²) >= 11 is 0. The number of carbonyl (C=O) groups excluding carboxylic acids is 3. The third kappa shape index (κ3) is 9.57. The molecule has 212 valence electrons. The zero-order chi connectivity index (χ0) is 29.1. The molecule has 6 N–H and O–H groups in total. The number of rotatable bonds is 12. The van der Waals surface area contributed by atoms with Gasteiger partial charge in [0, 0.05) is 36.1 Å². The molecule has 0 aliphatic rings. The maximum absolute atomic E-state index is 12.1. The highest BCUT2D eigenvalue weighted by Gasteiger charge is 2.16. The van der Waals surface area contributed by atoms with Crippen molar-refractivity contribution >= 4 is 35.4 Å². The number of aromatic nitrogens is 2. The zero-order valence-electron chi connectivity index (χ0n) is 23.3. The lowest BCUT2D eigenvalue weighted by Crippen LogP contribution is -2.40. The van der Waals surface area contributed by atoms with Gasteiger partial charge in [0.2, 0.25) is 17.8 Å². The van der Waals surface area contributed by atoms with Gasteiger partial charge in [-0.05, 0) is 69.0 Å². The number of primary amides is 1. The Kier molecular flexibility index (Phi) is 10.4. The molecule has 1 aromatic heterocycles. The van der Waals surface area contributed by atoms with E-state index in [1.807, 2.05) is 24.3 Å². The molecule has 11 nitrogen and oxygen atoms in total. The molecular formula is C29H37N7O4. The van der Waals surface area contributed by atoms with Crippen LogP contribution in [0.4, 0.5) is 22.2 Å². The minimum absolute atomic E-state index is 0.158. The lowest BCUT2D eigenvalue weighted by Gasteiger charge is -2.19. The molecule has 3 aromatic rings. The number of carbonyl (C=O) groups is 3. The van der Waals surface area contributed by atoms with Crippen molar-refractivity contribution in [2.24, 2.45) is 5.73 Å². The highest BCUT2D eigenvalue weighted by Crippen LogP contribution is 2.28. The van der Waals surface area contributed by atoms with Crippen LogP contribution >= 0.6 is 0 Å². The number of amides is 3. The van der Waals surface area contributed by atoms with Gasteiger partial charge in [0.25, 0.3) is 0 Å². The highest BCUT2D eigenvalue weighted by molar-refractivity contribution is 5.93. The standard InChI is InChI=1S/C29H37N7O4/c1-5-14-32-26-23(17-33-27(36-26)35-22-11-9-20(10-12-22)25(30)38)21-8-6-7-19(16-21)13-15-31-24(37)18-34-28(39)40-29(2,3)4/h6-12,16-17H,5,13-15,18H2,1-4H3,(H2,30,38)(H,31,37)(H,34,39)(H2,32,33,35,36). The summed E-state index contributed by atoms with van der Waals surface area (Å²) in [5, 5.41) is 11.8. The number of nitrogens with zero attached hydrogens (tertiary/aromatic N) is 2. The van der Waals surface area contributed by atoms with Gasteiger partial charge in [-0.15, -0.1) is 0 Å². The Morgan fingerprint density at radius 2 is 1.75 bits per heavy atom. The quantitative estimate of drug-likeness (QED) is 0.227. The van der Waals surface area contributed by atoms with Crippen LogP contribution in [0.1, 0.15) is 50.0 Å². The summed E-state index contributed by atoms with van der Waals surface area (Å²) < 4.78 is 5.14. The molecule has 1 heterocycles. The molecule has 11 heteroatoms. The summed E-state index contributed by atoms with van der Waals surface area (Å²) in [4.78, 5) is 44.3. The summed E-state index contributed by atoms with van der Waals surface area (Å²) in [6, 6.07) is 14.7. The number of hydrogen-bond donors (Lipinski definition) is 5. The van der Waals surface area contributed by atoms with Crippen LogP contribution in [0.5, 0.6) is 0 Å². The van der Waals surface area contributed by atoms with E-state index in [0.29, 0.717) is 30.3 Å². The fourth-order valence-corrected chi connectivity index (χ4v) is 3.65. The van der Waals surface area contributed by atoms with E-state index in [4.69, 9.17) is 10.5 Å². The zero-order valence-corrected chi connectivity index (χ0v) is 23.3. The van der Waals surface area contributed by atoms with Gasteiger partial charge in [-0.3, -0.25) is 9.59 Å². The van der Waals surface area contributed by atoms with Crippen molar-refractivity contribution in [1.29, 1.82) is 0 Å². The van der Waals surface area contributed by atoms with Crippen LogP contribution in [0.25, 0.3) is 11.1 Å². The molecule has 0 unspecified atom stereocenters. The van der Waals surface area contributed by atoms with Gasteiger partial charge in [-0.1, -0.05) is 31.2 Å². The maximum Gasteiger partial charge on any atom is 0.408 e. The van der Waals surface area contributed by atoms with E-state index in [-0.39, 0.29) is 12.5 Å². The van der Waals surface area contributed by atoms with E-state index >= 15 is 0 Å². The second-order valence-corrected chi connectivity index (χ2v) is 10.1. The lowest BCUT2D eigenvalue weighted by atomic mass is 10.0. The van der Waals surface area contributed by atoms with Crippen molar-refractivity contribution in [2.75, 3.05) is 30.3 Å². The van der Waals surface area contributed by atoms with Gasteiger partial charge >= 0.3 is 6.09 Å². The molecule has 0 aliphatic heterocycles. The molecule has 40 heavy (non-hydrogen) atoms. The van der Waals surface area contributed by atoms with E-state index in [9.17, 15) is 14.4 Å². The Balaban J connectivity index is 1.64. The molecule has 0 aliphatic carbocycles. The van der Waals surface area contributed by atoms with Crippen molar-refractivity contribution in [3.05, 3.63) is 65.9 Å². The molecule has 0 saturated carbocycles. The minimum atomic E-state index is -0.632. The summed E-state index contributed by atoms with van der Waals surface area (Å²) in [6.07, 6.45) is 2.65. The summed E-state index contributed by atoms with van der Waals surface area (Å²) in [7, 11) is 0. The second kappa shape index (κ2) is 13.9. The lowest BCUT2D eigenvalue weighted by molar-refractivity contribution is -0.120. The first-order chi connectivity index (χ1) is 19.0. The average Bonchev–Trinajstić information content (AvgIpc) is 2.90. The fourth-order valence-electron chi connectivity index (χ4n) is 3.65. The van der Waals surface area contributed by atoms with Crippen LogP contribution in [0.2, 0.25) is 0 Å². The Labute approximate surface area is 234 Å². The summed E-state index contributed by atoms with van der Waals surface area (Å²) in [6.45, 7) is 8.34. The van der Waals surface area contributed by atoms with E-state index in [1.165, 1.54) is 0 Å². The Bertz CT molecular complexity index is 1320. The Morgan fingerprint density at radius 3 is 2.42 bits per heavy atom. The van der Waals surface area contributed by atoms with Gasteiger partial charge in [-0.25, -0.2) is 9.78 Å². The van der Waals surface area contributed by atoms with Gasteiger partial charge in [0.15, 0.2) is 0 Å². The monoisotopic (exact) mass is 547 g/mol. The first kappa shape index (κ1) is 29.9. The number of nitrogens with one attached hydrogen (secondary N) is 4. The molecule has 0 spiro atoms. The fraction of sp³-hybridized carbons (Fsp3) is 0.345. The number of nitrogens with two attached hydrogens (primary N) is 1. The Morgan fingerprint density at radius 1 is 1.00 bits per heavy atom. The van der Waals surface area contributed by atoms with Crippen molar-refractivity contribution in [3.63, 3.8) is 0 Å². The molecule has 2 aromatic carbocycles. The molecule has 3 amide bonds. The molecule has 3 rings (SSSR count). The van der Waals surface area contributed by atoms with Gasteiger partial charge < -0.3 is 31.7 Å². The van der Waals surface area contributed by atoms with Crippen molar-refractivity contribution in [2.45, 2.75) is 46.1 Å². The third-order valence-corrected chi connectivity index (χ3v) is 5.52. The van der Waals surface area contributed by atoms with E-state index in [1.54, 1.807) is 51.2 Å². The molecule has 0 radical (unpaired) electrons. The molecule has 0 saturated heterocycles. The SMILES string of the molecule is CCCNc1nc(Nc2ccc(C(N)=O)cc2)ncc1-c1cccc(CCNC(=O)CNC(=O)OC(C)(C)C)c1. The van der Waals surface area contributed by atoms with Crippen LogP contribution in [-0.2, 0) is 16.0 Å². The smallest absolute Gasteiger partial charge is 0.408 e. The second-order valence-electron chi connectivity index (χ2n) is 10.1. The largest absolute Gasteiger partial charge is 0.444 e. The first-order valence-corrected chi connectivity index (χ1v) is 13.1.